The fraction of sp³-hybridized carbons (Fsp3) is 0.200. The van der Waals surface area contributed by atoms with Crippen LogP contribution in [0.1, 0.15) is 22.7 Å². The van der Waals surface area contributed by atoms with Crippen molar-refractivity contribution in [3.63, 3.8) is 0 Å². The minimum Gasteiger partial charge on any atom is -0.495 e. The normalized spacial score (nSPS) is 18.7. The summed E-state index contributed by atoms with van der Waals surface area (Å²) in [6.45, 7) is 0. The second-order valence-electron chi connectivity index (χ2n) is 6.92. The number of aromatic nitrogens is 1. The number of benzene rings is 1. The number of ether oxygens (including phenoxy) is 1. The quantitative estimate of drug-likeness (QED) is 0.448. The van der Waals surface area contributed by atoms with Crippen LogP contribution in [0, 0.1) is 0 Å². The molecule has 162 valence electrons. The largest absolute Gasteiger partial charge is 0.495 e. The van der Waals surface area contributed by atoms with Gasteiger partial charge in [0, 0.05) is 26.6 Å². The molecule has 1 fully saturated rings. The van der Waals surface area contributed by atoms with E-state index in [1.807, 2.05) is 34.5 Å². The molecule has 7 nitrogen and oxygen atoms in total. The number of hydrogen-bond donors (Lipinski definition) is 2. The van der Waals surface area contributed by atoms with Crippen LogP contribution in [0.3, 0.4) is 0 Å². The molecule has 0 radical (unpaired) electrons. The van der Waals surface area contributed by atoms with Crippen molar-refractivity contribution in [2.24, 2.45) is 0 Å². The first-order valence-electron chi connectivity index (χ1n) is 9.17. The summed E-state index contributed by atoms with van der Waals surface area (Å²) >= 11 is 10.9. The van der Waals surface area contributed by atoms with E-state index >= 15 is 0 Å². The lowest BCUT2D eigenvalue weighted by Crippen LogP contribution is -2.29. The van der Waals surface area contributed by atoms with Crippen molar-refractivity contribution < 1.29 is 13.2 Å². The van der Waals surface area contributed by atoms with Crippen LogP contribution in [0.2, 0.25) is 0 Å². The lowest BCUT2D eigenvalue weighted by Gasteiger charge is -2.27. The van der Waals surface area contributed by atoms with Crippen molar-refractivity contribution in [1.29, 1.82) is 0 Å². The number of rotatable bonds is 6. The van der Waals surface area contributed by atoms with Crippen LogP contribution in [0.4, 0.5) is 11.4 Å². The maximum Gasteiger partial charge on any atom is 0.229 e. The molecule has 0 unspecified atom stereocenters. The van der Waals surface area contributed by atoms with Crippen molar-refractivity contribution >= 4 is 66.0 Å². The molecule has 2 aromatic heterocycles. The Balaban J connectivity index is 1.82. The molecule has 2 N–H and O–H groups in total. The number of hydrogen-bond acceptors (Lipinski definition) is 6. The van der Waals surface area contributed by atoms with Gasteiger partial charge >= 0.3 is 0 Å². The summed E-state index contributed by atoms with van der Waals surface area (Å²) in [7, 11) is -2.00. The van der Waals surface area contributed by atoms with Gasteiger partial charge in [-0.25, -0.2) is 8.42 Å². The number of methoxy groups -OCH3 is 1. The van der Waals surface area contributed by atoms with E-state index in [-0.39, 0.29) is 12.1 Å². The predicted octanol–water partition coefficient (Wildman–Crippen LogP) is 4.46. The Morgan fingerprint density at radius 2 is 2.10 bits per heavy atom. The Labute approximate surface area is 198 Å². The monoisotopic (exact) mass is 538 g/mol. The lowest BCUT2D eigenvalue weighted by molar-refractivity contribution is 0.417. The zero-order valence-corrected chi connectivity index (χ0v) is 20.6. The molecule has 1 aromatic carbocycles. The molecule has 3 heterocycles. The van der Waals surface area contributed by atoms with Crippen LogP contribution in [-0.2, 0) is 10.0 Å². The summed E-state index contributed by atoms with van der Waals surface area (Å²) in [6, 6.07) is 12.8. The van der Waals surface area contributed by atoms with E-state index in [9.17, 15) is 8.42 Å². The van der Waals surface area contributed by atoms with Crippen molar-refractivity contribution in [2.45, 2.75) is 12.1 Å². The third-order valence-corrected chi connectivity index (χ3v) is 7.40. The predicted molar refractivity (Wildman–Crippen MR) is 131 cm³/mol. The van der Waals surface area contributed by atoms with Gasteiger partial charge in [-0.3, -0.25) is 9.71 Å². The number of sulfonamides is 1. The average molecular weight is 540 g/mol. The van der Waals surface area contributed by atoms with Crippen molar-refractivity contribution in [3.8, 4) is 5.75 Å². The van der Waals surface area contributed by atoms with Crippen molar-refractivity contribution in [2.75, 3.05) is 23.0 Å². The van der Waals surface area contributed by atoms with Gasteiger partial charge in [0.1, 0.15) is 5.75 Å². The van der Waals surface area contributed by atoms with Gasteiger partial charge in [0.25, 0.3) is 0 Å². The maximum absolute atomic E-state index is 11.9. The van der Waals surface area contributed by atoms with Gasteiger partial charge in [-0.1, -0.05) is 6.07 Å². The third kappa shape index (κ3) is 4.69. The summed E-state index contributed by atoms with van der Waals surface area (Å²) in [5.41, 5.74) is 1.94. The third-order valence-electron chi connectivity index (χ3n) is 4.73. The molecular weight excluding hydrogens is 520 g/mol. The number of nitrogens with one attached hydrogen (secondary N) is 2. The summed E-state index contributed by atoms with van der Waals surface area (Å²) in [6.07, 6.45) is 2.86. The Morgan fingerprint density at radius 3 is 2.71 bits per heavy atom. The highest BCUT2D eigenvalue weighted by Gasteiger charge is 2.41. The molecule has 0 bridgehead atoms. The van der Waals surface area contributed by atoms with Crippen LogP contribution in [0.25, 0.3) is 0 Å². The van der Waals surface area contributed by atoms with Crippen LogP contribution >= 0.6 is 39.5 Å². The average Bonchev–Trinajstić information content (AvgIpc) is 3.30. The van der Waals surface area contributed by atoms with E-state index in [2.05, 4.69) is 37.0 Å². The van der Waals surface area contributed by atoms with E-state index in [1.165, 1.54) is 7.11 Å². The zero-order chi connectivity index (χ0) is 22.2. The molecular formula is C20H19BrN4O3S3. The second kappa shape index (κ2) is 8.73. The molecule has 0 aliphatic carbocycles. The topological polar surface area (TPSA) is 83.6 Å². The van der Waals surface area contributed by atoms with E-state index in [0.29, 0.717) is 16.5 Å². The first-order valence-corrected chi connectivity index (χ1v) is 13.1. The fourth-order valence-electron chi connectivity index (χ4n) is 3.53. The highest BCUT2D eigenvalue weighted by Crippen LogP contribution is 2.45. The molecule has 2 atom stereocenters. The van der Waals surface area contributed by atoms with E-state index < -0.39 is 10.0 Å². The standard InChI is InChI=1S/C20H19BrN4O3S3/c1-28-16-7-6-13(10-15(16)24-31(2,26)27)25-19(17-9-12(21)11-30-17)18(23-20(25)29)14-5-3-4-8-22-14/h3-11,18-19,24H,1-2H3,(H,23,29)/t18-,19+/m0/s1. The summed E-state index contributed by atoms with van der Waals surface area (Å²) in [4.78, 5) is 7.60. The number of nitrogens with zero attached hydrogens (tertiary/aromatic N) is 2. The van der Waals surface area contributed by atoms with Crippen LogP contribution in [0.5, 0.6) is 5.75 Å². The molecule has 1 saturated heterocycles. The number of thiophene rings is 1. The van der Waals surface area contributed by atoms with Crippen LogP contribution < -0.4 is 19.7 Å². The van der Waals surface area contributed by atoms with Gasteiger partial charge in [-0.05, 0) is 64.5 Å². The number of halogens is 1. The summed E-state index contributed by atoms with van der Waals surface area (Å²) in [5, 5.41) is 5.94. The van der Waals surface area contributed by atoms with Gasteiger partial charge < -0.3 is 15.0 Å². The van der Waals surface area contributed by atoms with E-state index in [1.54, 1.807) is 29.7 Å². The molecule has 11 heteroatoms. The molecule has 31 heavy (non-hydrogen) atoms. The molecule has 0 spiro atoms. The number of anilines is 2. The highest BCUT2D eigenvalue weighted by molar-refractivity contribution is 9.10. The van der Waals surface area contributed by atoms with Gasteiger partial charge in [-0.15, -0.1) is 11.3 Å². The Kier molecular flexibility index (Phi) is 6.20. The first-order chi connectivity index (χ1) is 14.8. The van der Waals surface area contributed by atoms with Crippen LogP contribution in [-0.4, -0.2) is 31.9 Å². The van der Waals surface area contributed by atoms with Crippen molar-refractivity contribution in [1.82, 2.24) is 10.3 Å². The number of pyridine rings is 1. The second-order valence-corrected chi connectivity index (χ2v) is 10.9. The van der Waals surface area contributed by atoms with Gasteiger partial charge in [-0.2, -0.15) is 0 Å². The number of thiocarbonyl (C=S) groups is 1. The van der Waals surface area contributed by atoms with E-state index in [0.717, 1.165) is 27.0 Å². The molecule has 1 aliphatic heterocycles. The first kappa shape index (κ1) is 22.0. The fourth-order valence-corrected chi connectivity index (χ4v) is 6.01. The van der Waals surface area contributed by atoms with Crippen molar-refractivity contribution in [3.05, 3.63) is 69.1 Å². The zero-order valence-electron chi connectivity index (χ0n) is 16.6. The maximum atomic E-state index is 11.9. The Bertz CT molecular complexity index is 1220. The van der Waals surface area contributed by atoms with Gasteiger partial charge in [0.2, 0.25) is 10.0 Å². The molecule has 4 rings (SSSR count). The smallest absolute Gasteiger partial charge is 0.229 e. The Hall–Kier alpha value is -2.21. The minimum atomic E-state index is -3.49. The summed E-state index contributed by atoms with van der Waals surface area (Å²) in [5.74, 6) is 0.420. The molecule has 1 aliphatic rings. The molecule has 0 amide bonds. The minimum absolute atomic E-state index is 0.168. The SMILES string of the molecule is COc1ccc(N2C(=S)N[C@@H](c3ccccn3)[C@H]2c2cc(Br)cs2)cc1NS(C)(=O)=O. The molecule has 0 saturated carbocycles. The van der Waals surface area contributed by atoms with Gasteiger partial charge in [0.05, 0.1) is 36.8 Å². The van der Waals surface area contributed by atoms with Gasteiger partial charge in [0.15, 0.2) is 5.11 Å². The summed E-state index contributed by atoms with van der Waals surface area (Å²) < 4.78 is 32.6. The lowest BCUT2D eigenvalue weighted by atomic mass is 10.0. The molecule has 3 aromatic rings. The van der Waals surface area contributed by atoms with E-state index in [4.69, 9.17) is 17.0 Å². The highest BCUT2D eigenvalue weighted by atomic mass is 79.9. The van der Waals surface area contributed by atoms with Crippen LogP contribution in [0.15, 0.2) is 58.5 Å². The Morgan fingerprint density at radius 1 is 1.29 bits per heavy atom.